The monoisotopic (exact) mass is 294 g/mol. The normalized spacial score (nSPS) is 21.9. The summed E-state index contributed by atoms with van der Waals surface area (Å²) in [6.45, 7) is 4.40. The minimum atomic E-state index is 0.550. The molecule has 2 rings (SSSR count). The summed E-state index contributed by atoms with van der Waals surface area (Å²) in [4.78, 5) is 9.16. The first kappa shape index (κ1) is 15.4. The Hall–Kier alpha value is -0.970. The molecule has 5 heteroatoms. The van der Waals surface area contributed by atoms with Gasteiger partial charge in [-0.3, -0.25) is 0 Å². The molecule has 112 valence electrons. The first-order valence-electron chi connectivity index (χ1n) is 7.70. The topological polar surface area (TPSA) is 49.8 Å². The van der Waals surface area contributed by atoms with E-state index in [0.29, 0.717) is 6.04 Å². The van der Waals surface area contributed by atoms with E-state index in [9.17, 15) is 0 Å². The highest BCUT2D eigenvalue weighted by molar-refractivity contribution is 7.99. The molecule has 1 aliphatic rings. The second-order valence-electron chi connectivity index (χ2n) is 5.23. The first-order chi connectivity index (χ1) is 9.76. The van der Waals surface area contributed by atoms with Gasteiger partial charge in [0, 0.05) is 30.8 Å². The van der Waals surface area contributed by atoms with E-state index in [1.54, 1.807) is 0 Å². The van der Waals surface area contributed by atoms with Gasteiger partial charge in [-0.1, -0.05) is 20.3 Å². The van der Waals surface area contributed by atoms with Crippen molar-refractivity contribution in [3.05, 3.63) is 11.9 Å². The summed E-state index contributed by atoms with van der Waals surface area (Å²) in [7, 11) is 1.91. The number of aromatic nitrogens is 2. The highest BCUT2D eigenvalue weighted by Gasteiger charge is 2.27. The average Bonchev–Trinajstić information content (AvgIpc) is 2.86. The molecule has 1 aromatic rings. The Morgan fingerprint density at radius 2 is 2.05 bits per heavy atom. The lowest BCUT2D eigenvalue weighted by atomic mass is 10.2. The number of rotatable bonds is 7. The summed E-state index contributed by atoms with van der Waals surface area (Å²) >= 11 is 2.07. The van der Waals surface area contributed by atoms with Crippen LogP contribution in [0.25, 0.3) is 0 Å². The molecule has 1 heterocycles. The molecule has 1 saturated carbocycles. The molecule has 0 bridgehead atoms. The molecule has 0 radical (unpaired) electrons. The van der Waals surface area contributed by atoms with Gasteiger partial charge in [0.25, 0.3) is 0 Å². The van der Waals surface area contributed by atoms with Crippen LogP contribution in [0.3, 0.4) is 0 Å². The van der Waals surface area contributed by atoms with Crippen molar-refractivity contribution >= 4 is 23.4 Å². The maximum atomic E-state index is 4.66. The van der Waals surface area contributed by atoms with Gasteiger partial charge in [0.05, 0.1) is 0 Å². The van der Waals surface area contributed by atoms with Gasteiger partial charge in [-0.25, -0.2) is 9.97 Å². The molecule has 0 amide bonds. The van der Waals surface area contributed by atoms with Gasteiger partial charge in [-0.2, -0.15) is 11.8 Å². The van der Waals surface area contributed by atoms with E-state index in [-0.39, 0.29) is 0 Å². The van der Waals surface area contributed by atoms with E-state index in [0.717, 1.165) is 35.6 Å². The lowest BCUT2D eigenvalue weighted by Crippen LogP contribution is -2.27. The first-order valence-corrected chi connectivity index (χ1v) is 8.75. The van der Waals surface area contributed by atoms with Crippen molar-refractivity contribution < 1.29 is 0 Å². The van der Waals surface area contributed by atoms with Crippen LogP contribution in [0.2, 0.25) is 0 Å². The number of thioether (sulfide) groups is 1. The smallest absolute Gasteiger partial charge is 0.133 e. The summed E-state index contributed by atoms with van der Waals surface area (Å²) in [6.07, 6.45) is 5.90. The molecule has 2 unspecified atom stereocenters. The second kappa shape index (κ2) is 7.72. The molecule has 1 fully saturated rings. The van der Waals surface area contributed by atoms with Crippen LogP contribution in [0.15, 0.2) is 6.07 Å². The van der Waals surface area contributed by atoms with E-state index < -0.39 is 0 Å². The fourth-order valence-electron chi connectivity index (χ4n) is 2.73. The van der Waals surface area contributed by atoms with Crippen molar-refractivity contribution in [2.75, 3.05) is 23.4 Å². The Morgan fingerprint density at radius 3 is 2.75 bits per heavy atom. The van der Waals surface area contributed by atoms with Crippen molar-refractivity contribution in [2.45, 2.75) is 57.2 Å². The maximum absolute atomic E-state index is 4.66. The zero-order chi connectivity index (χ0) is 14.4. The van der Waals surface area contributed by atoms with Crippen molar-refractivity contribution in [1.82, 2.24) is 9.97 Å². The Kier molecular flexibility index (Phi) is 5.95. The Labute approximate surface area is 126 Å². The number of nitrogens with one attached hydrogen (secondary N) is 2. The number of hydrogen-bond acceptors (Lipinski definition) is 5. The van der Waals surface area contributed by atoms with Gasteiger partial charge in [0.1, 0.15) is 17.5 Å². The predicted octanol–water partition coefficient (Wildman–Crippen LogP) is 3.56. The van der Waals surface area contributed by atoms with Gasteiger partial charge in [-0.15, -0.1) is 0 Å². The maximum Gasteiger partial charge on any atom is 0.133 e. The number of aryl methyl sites for hydroxylation is 1. The fourth-order valence-corrected chi connectivity index (χ4v) is 3.93. The SMILES string of the molecule is CCCc1nc(NC)cc(NC2CCCC2SCC)n1. The third-order valence-corrected chi connectivity index (χ3v) is 4.99. The van der Waals surface area contributed by atoms with Crippen LogP contribution in [0.4, 0.5) is 11.6 Å². The number of anilines is 2. The molecule has 0 aromatic carbocycles. The molecule has 0 saturated heterocycles. The lowest BCUT2D eigenvalue weighted by molar-refractivity contribution is 0.755. The molecule has 1 aliphatic carbocycles. The molecule has 20 heavy (non-hydrogen) atoms. The third kappa shape index (κ3) is 4.01. The summed E-state index contributed by atoms with van der Waals surface area (Å²) in [5.41, 5.74) is 0. The second-order valence-corrected chi connectivity index (χ2v) is 6.75. The summed E-state index contributed by atoms with van der Waals surface area (Å²) in [5.74, 6) is 4.00. The third-order valence-electron chi connectivity index (χ3n) is 3.67. The highest BCUT2D eigenvalue weighted by atomic mass is 32.2. The molecule has 0 spiro atoms. The van der Waals surface area contributed by atoms with Crippen molar-refractivity contribution in [2.24, 2.45) is 0 Å². The molecular weight excluding hydrogens is 268 g/mol. The summed E-state index contributed by atoms with van der Waals surface area (Å²) in [6, 6.07) is 2.57. The van der Waals surface area contributed by atoms with E-state index in [1.165, 1.54) is 25.0 Å². The fraction of sp³-hybridized carbons (Fsp3) is 0.733. The van der Waals surface area contributed by atoms with Gasteiger partial charge in [0.2, 0.25) is 0 Å². The predicted molar refractivity (Wildman–Crippen MR) is 88.8 cm³/mol. The minimum absolute atomic E-state index is 0.550. The molecular formula is C15H26N4S. The molecule has 4 nitrogen and oxygen atoms in total. The van der Waals surface area contributed by atoms with E-state index in [1.807, 2.05) is 13.1 Å². The van der Waals surface area contributed by atoms with Crippen molar-refractivity contribution in [3.63, 3.8) is 0 Å². The van der Waals surface area contributed by atoms with Gasteiger partial charge >= 0.3 is 0 Å². The molecule has 2 N–H and O–H groups in total. The highest BCUT2D eigenvalue weighted by Crippen LogP contribution is 2.32. The summed E-state index contributed by atoms with van der Waals surface area (Å²) < 4.78 is 0. The van der Waals surface area contributed by atoms with Gasteiger partial charge in [0.15, 0.2) is 0 Å². The number of nitrogens with zero attached hydrogens (tertiary/aromatic N) is 2. The zero-order valence-corrected chi connectivity index (χ0v) is 13.6. The lowest BCUT2D eigenvalue weighted by Gasteiger charge is -2.21. The van der Waals surface area contributed by atoms with Crippen LogP contribution in [0.5, 0.6) is 0 Å². The summed E-state index contributed by atoms with van der Waals surface area (Å²) in [5, 5.41) is 7.49. The Balaban J connectivity index is 2.09. The number of hydrogen-bond donors (Lipinski definition) is 2. The van der Waals surface area contributed by atoms with Gasteiger partial charge in [-0.05, 0) is 25.0 Å². The van der Waals surface area contributed by atoms with Crippen LogP contribution in [-0.4, -0.2) is 34.1 Å². The zero-order valence-electron chi connectivity index (χ0n) is 12.8. The Morgan fingerprint density at radius 1 is 1.25 bits per heavy atom. The van der Waals surface area contributed by atoms with Crippen molar-refractivity contribution in [3.8, 4) is 0 Å². The van der Waals surface area contributed by atoms with E-state index >= 15 is 0 Å². The quantitative estimate of drug-likeness (QED) is 0.805. The van der Waals surface area contributed by atoms with Crippen LogP contribution < -0.4 is 10.6 Å². The van der Waals surface area contributed by atoms with Crippen LogP contribution in [-0.2, 0) is 6.42 Å². The van der Waals surface area contributed by atoms with E-state index in [2.05, 4.69) is 46.2 Å². The van der Waals surface area contributed by atoms with Crippen LogP contribution in [0.1, 0.15) is 45.4 Å². The minimum Gasteiger partial charge on any atom is -0.373 e. The standard InChI is InChI=1S/C15H26N4S/c1-4-7-13-18-14(16-3)10-15(19-13)17-11-8-6-9-12(11)20-5-2/h10-12H,4-9H2,1-3H3,(H2,16,17,18,19). The largest absolute Gasteiger partial charge is 0.373 e. The molecule has 0 aliphatic heterocycles. The molecule has 1 aromatic heterocycles. The van der Waals surface area contributed by atoms with Crippen LogP contribution >= 0.6 is 11.8 Å². The Bertz CT molecular complexity index is 424. The van der Waals surface area contributed by atoms with E-state index in [4.69, 9.17) is 0 Å². The molecule has 2 atom stereocenters. The van der Waals surface area contributed by atoms with Crippen LogP contribution in [0, 0.1) is 0 Å². The van der Waals surface area contributed by atoms with Gasteiger partial charge < -0.3 is 10.6 Å². The average molecular weight is 294 g/mol. The van der Waals surface area contributed by atoms with Crippen molar-refractivity contribution in [1.29, 1.82) is 0 Å².